The van der Waals surface area contributed by atoms with E-state index < -0.39 is 0 Å². The Morgan fingerprint density at radius 2 is 2.13 bits per heavy atom. The van der Waals surface area contributed by atoms with E-state index in [4.69, 9.17) is 4.74 Å². The van der Waals surface area contributed by atoms with Crippen LogP contribution < -0.4 is 10.1 Å². The molecule has 1 rings (SSSR count). The van der Waals surface area contributed by atoms with Gasteiger partial charge in [0.05, 0.1) is 7.11 Å². The highest BCUT2D eigenvalue weighted by Crippen LogP contribution is 2.22. The molecule has 0 radical (unpaired) electrons. The summed E-state index contributed by atoms with van der Waals surface area (Å²) in [5.41, 5.74) is 0.870. The Balaban J connectivity index is 2.59. The van der Waals surface area contributed by atoms with Crippen molar-refractivity contribution in [3.05, 3.63) is 23.8 Å². The Kier molecular flexibility index (Phi) is 4.43. The molecule has 1 aromatic carbocycles. The molecule has 0 atom stereocenters. The lowest BCUT2D eigenvalue weighted by atomic mass is 10.1. The number of rotatable bonds is 5. The Labute approximate surface area is 91.1 Å². The number of methoxy groups -OCH3 is 1. The van der Waals surface area contributed by atoms with Crippen molar-refractivity contribution in [2.45, 2.75) is 20.4 Å². The molecular weight excluding hydrogens is 190 g/mol. The van der Waals surface area contributed by atoms with Gasteiger partial charge in [0.25, 0.3) is 0 Å². The predicted octanol–water partition coefficient (Wildman–Crippen LogP) is 2.15. The van der Waals surface area contributed by atoms with Crippen molar-refractivity contribution < 1.29 is 9.84 Å². The van der Waals surface area contributed by atoms with E-state index in [0.717, 1.165) is 17.9 Å². The zero-order valence-electron chi connectivity index (χ0n) is 9.58. The van der Waals surface area contributed by atoms with Crippen molar-refractivity contribution in [2.75, 3.05) is 13.7 Å². The van der Waals surface area contributed by atoms with Gasteiger partial charge in [0.2, 0.25) is 0 Å². The van der Waals surface area contributed by atoms with Gasteiger partial charge in [-0.3, -0.25) is 0 Å². The van der Waals surface area contributed by atoms with Gasteiger partial charge in [0.15, 0.2) is 0 Å². The maximum atomic E-state index is 9.60. The second-order valence-corrected chi connectivity index (χ2v) is 4.02. The molecule has 0 heterocycles. The quantitative estimate of drug-likeness (QED) is 0.780. The van der Waals surface area contributed by atoms with Crippen LogP contribution in [0.2, 0.25) is 0 Å². The van der Waals surface area contributed by atoms with Crippen LogP contribution in [0.3, 0.4) is 0 Å². The molecule has 0 aliphatic carbocycles. The van der Waals surface area contributed by atoms with Crippen molar-refractivity contribution in [1.29, 1.82) is 0 Å². The first-order valence-electron chi connectivity index (χ1n) is 5.20. The molecule has 3 heteroatoms. The molecule has 0 spiro atoms. The highest BCUT2D eigenvalue weighted by Gasteiger charge is 2.03. The maximum Gasteiger partial charge on any atom is 0.120 e. The van der Waals surface area contributed by atoms with Crippen LogP contribution in [0.1, 0.15) is 19.4 Å². The van der Waals surface area contributed by atoms with E-state index in [9.17, 15) is 5.11 Å². The van der Waals surface area contributed by atoms with Gasteiger partial charge in [0, 0.05) is 12.1 Å². The number of ether oxygens (including phenoxy) is 1. The molecule has 0 aliphatic heterocycles. The summed E-state index contributed by atoms with van der Waals surface area (Å²) in [5.74, 6) is 1.69. The summed E-state index contributed by atoms with van der Waals surface area (Å²) >= 11 is 0. The molecule has 0 amide bonds. The van der Waals surface area contributed by atoms with Crippen LogP contribution in [0.5, 0.6) is 11.5 Å². The lowest BCUT2D eigenvalue weighted by molar-refractivity contribution is 0.409. The first kappa shape index (κ1) is 11.9. The zero-order valence-corrected chi connectivity index (χ0v) is 9.58. The van der Waals surface area contributed by atoms with Gasteiger partial charge >= 0.3 is 0 Å². The number of aromatic hydroxyl groups is 1. The van der Waals surface area contributed by atoms with Crippen LogP contribution in [-0.4, -0.2) is 18.8 Å². The third kappa shape index (κ3) is 3.80. The SMILES string of the molecule is COc1ccc(O)c(CNCC(C)C)c1. The molecule has 0 unspecified atom stereocenters. The van der Waals surface area contributed by atoms with Crippen LogP contribution >= 0.6 is 0 Å². The molecule has 0 aliphatic rings. The predicted molar refractivity (Wildman–Crippen MR) is 61.2 cm³/mol. The van der Waals surface area contributed by atoms with E-state index in [0.29, 0.717) is 18.2 Å². The second kappa shape index (κ2) is 5.61. The molecule has 15 heavy (non-hydrogen) atoms. The molecule has 0 saturated carbocycles. The fourth-order valence-corrected chi connectivity index (χ4v) is 1.33. The molecular formula is C12H19NO2. The van der Waals surface area contributed by atoms with E-state index in [1.54, 1.807) is 19.2 Å². The first-order chi connectivity index (χ1) is 7.13. The lowest BCUT2D eigenvalue weighted by Gasteiger charge is -2.10. The van der Waals surface area contributed by atoms with Crippen molar-refractivity contribution in [3.63, 3.8) is 0 Å². The average molecular weight is 209 g/mol. The van der Waals surface area contributed by atoms with Crippen LogP contribution in [0.25, 0.3) is 0 Å². The third-order valence-corrected chi connectivity index (χ3v) is 2.15. The zero-order chi connectivity index (χ0) is 11.3. The summed E-state index contributed by atoms with van der Waals surface area (Å²) in [6, 6.07) is 5.26. The maximum absolute atomic E-state index is 9.60. The normalized spacial score (nSPS) is 10.7. The minimum atomic E-state index is 0.312. The number of benzene rings is 1. The van der Waals surface area contributed by atoms with Crippen LogP contribution in [0.15, 0.2) is 18.2 Å². The van der Waals surface area contributed by atoms with Crippen molar-refractivity contribution in [2.24, 2.45) is 5.92 Å². The van der Waals surface area contributed by atoms with Crippen LogP contribution in [-0.2, 0) is 6.54 Å². The van der Waals surface area contributed by atoms with Gasteiger partial charge in [-0.25, -0.2) is 0 Å². The first-order valence-corrected chi connectivity index (χ1v) is 5.20. The molecule has 84 valence electrons. The Hall–Kier alpha value is -1.22. The van der Waals surface area contributed by atoms with Crippen molar-refractivity contribution >= 4 is 0 Å². The van der Waals surface area contributed by atoms with Gasteiger partial charge < -0.3 is 15.2 Å². The number of phenols is 1. The molecule has 3 nitrogen and oxygen atoms in total. The summed E-state index contributed by atoms with van der Waals surface area (Å²) in [6.45, 7) is 5.91. The minimum Gasteiger partial charge on any atom is -0.508 e. The molecule has 2 N–H and O–H groups in total. The Bertz CT molecular complexity index is 310. The highest BCUT2D eigenvalue weighted by atomic mass is 16.5. The minimum absolute atomic E-state index is 0.312. The van der Waals surface area contributed by atoms with E-state index >= 15 is 0 Å². The fraction of sp³-hybridized carbons (Fsp3) is 0.500. The summed E-state index contributed by atoms with van der Waals surface area (Å²) in [5, 5.41) is 12.9. The number of hydrogen-bond donors (Lipinski definition) is 2. The van der Waals surface area contributed by atoms with Crippen molar-refractivity contribution in [1.82, 2.24) is 5.32 Å². The summed E-state index contributed by atoms with van der Waals surface area (Å²) in [7, 11) is 1.62. The van der Waals surface area contributed by atoms with E-state index in [1.165, 1.54) is 0 Å². The van der Waals surface area contributed by atoms with Gasteiger partial charge in [0.1, 0.15) is 11.5 Å². The van der Waals surface area contributed by atoms with Gasteiger partial charge in [-0.1, -0.05) is 13.8 Å². The van der Waals surface area contributed by atoms with Gasteiger partial charge in [-0.15, -0.1) is 0 Å². The fourth-order valence-electron chi connectivity index (χ4n) is 1.33. The second-order valence-electron chi connectivity index (χ2n) is 4.02. The van der Waals surface area contributed by atoms with E-state index in [-0.39, 0.29) is 0 Å². The summed E-state index contributed by atoms with van der Waals surface area (Å²) in [4.78, 5) is 0. The highest BCUT2D eigenvalue weighted by molar-refractivity contribution is 5.39. The average Bonchev–Trinajstić information content (AvgIpc) is 2.20. The molecule has 1 aromatic rings. The van der Waals surface area contributed by atoms with Gasteiger partial charge in [-0.05, 0) is 30.7 Å². The Morgan fingerprint density at radius 3 is 2.73 bits per heavy atom. The Morgan fingerprint density at radius 1 is 1.40 bits per heavy atom. The van der Waals surface area contributed by atoms with E-state index in [2.05, 4.69) is 19.2 Å². The lowest BCUT2D eigenvalue weighted by Crippen LogP contribution is -2.18. The summed E-state index contributed by atoms with van der Waals surface area (Å²) in [6.07, 6.45) is 0. The topological polar surface area (TPSA) is 41.5 Å². The smallest absolute Gasteiger partial charge is 0.120 e. The molecule has 0 aromatic heterocycles. The standard InChI is InChI=1S/C12H19NO2/c1-9(2)7-13-8-10-6-11(15-3)4-5-12(10)14/h4-6,9,13-14H,7-8H2,1-3H3. The van der Waals surface area contributed by atoms with Crippen LogP contribution in [0, 0.1) is 5.92 Å². The third-order valence-electron chi connectivity index (χ3n) is 2.15. The summed E-state index contributed by atoms with van der Waals surface area (Å²) < 4.78 is 5.10. The van der Waals surface area contributed by atoms with Gasteiger partial charge in [-0.2, -0.15) is 0 Å². The monoisotopic (exact) mass is 209 g/mol. The molecule has 0 bridgehead atoms. The molecule has 0 saturated heterocycles. The molecule has 0 fully saturated rings. The number of phenolic OH excluding ortho intramolecular Hbond substituents is 1. The largest absolute Gasteiger partial charge is 0.508 e. The number of hydrogen-bond acceptors (Lipinski definition) is 3. The van der Waals surface area contributed by atoms with E-state index in [1.807, 2.05) is 6.07 Å². The van der Waals surface area contributed by atoms with Crippen LogP contribution in [0.4, 0.5) is 0 Å². The number of nitrogens with one attached hydrogen (secondary N) is 1. The van der Waals surface area contributed by atoms with Crippen molar-refractivity contribution in [3.8, 4) is 11.5 Å².